The topological polar surface area (TPSA) is 93.7 Å². The Balaban J connectivity index is 0.000000606. The summed E-state index contributed by atoms with van der Waals surface area (Å²) in [5.41, 5.74) is 3.02. The van der Waals surface area contributed by atoms with Gasteiger partial charge < -0.3 is 20.1 Å². The Bertz CT molecular complexity index is 987. The molecule has 37 heavy (non-hydrogen) atoms. The van der Waals surface area contributed by atoms with E-state index in [9.17, 15) is 14.4 Å². The number of ether oxygens (including phenoxy) is 2. The second kappa shape index (κ2) is 16.7. The minimum Gasteiger partial charge on any atom is -0.444 e. The van der Waals surface area contributed by atoms with Gasteiger partial charge in [-0.1, -0.05) is 66.7 Å². The minimum atomic E-state index is -0.389. The van der Waals surface area contributed by atoms with E-state index < -0.39 is 0 Å². The summed E-state index contributed by atoms with van der Waals surface area (Å²) in [6.45, 7) is 12.9. The summed E-state index contributed by atoms with van der Waals surface area (Å²) in [5, 5.41) is 4.72. The molecule has 0 fully saturated rings. The molecule has 2 aromatic carbocycles. The van der Waals surface area contributed by atoms with Gasteiger partial charge >= 0.3 is 12.2 Å². The molecular formula is C30H42N2O5. The number of carbonyl (C=O) groups excluding carboxylic acids is 3. The fourth-order valence-corrected chi connectivity index (χ4v) is 2.51. The fourth-order valence-electron chi connectivity index (χ4n) is 2.51. The molecule has 0 unspecified atom stereocenters. The largest absolute Gasteiger partial charge is 0.444 e. The quantitative estimate of drug-likeness (QED) is 0.273. The Kier molecular flexibility index (Phi) is 15.0. The van der Waals surface area contributed by atoms with Crippen LogP contribution in [0, 0.1) is 0 Å². The van der Waals surface area contributed by atoms with Gasteiger partial charge in [0, 0.05) is 19.7 Å². The number of alkyl carbamates (subject to hydrolysis) is 2. The standard InChI is InChI=1S/C18H16O.2C6H13NO2/c1-15(12-16-8-4-2-5-9-16)18(14-19)13-17-10-6-3-7-11-17;2*1-6(2,3)9-5(8)7-4/h2-14H,1H3;2*1-4H3,(H,7,8)/b15-12+,18-13+;;. The lowest BCUT2D eigenvalue weighted by molar-refractivity contribution is -0.104. The van der Waals surface area contributed by atoms with Crippen LogP contribution >= 0.6 is 0 Å². The SMILES string of the molecule is CC(=C\c1ccccc1)/C(C=O)=C/c1ccccc1.CNC(=O)OC(C)(C)C.CNC(=O)OC(C)(C)C. The minimum absolute atomic E-state index is 0.387. The highest BCUT2D eigenvalue weighted by molar-refractivity contribution is 5.89. The zero-order valence-corrected chi connectivity index (χ0v) is 23.5. The smallest absolute Gasteiger partial charge is 0.407 e. The van der Waals surface area contributed by atoms with Gasteiger partial charge in [-0.15, -0.1) is 0 Å². The number of benzene rings is 2. The highest BCUT2D eigenvalue weighted by atomic mass is 16.6. The predicted octanol–water partition coefficient (Wildman–Crippen LogP) is 6.65. The molecule has 0 radical (unpaired) electrons. The van der Waals surface area contributed by atoms with Crippen molar-refractivity contribution in [2.45, 2.75) is 59.7 Å². The van der Waals surface area contributed by atoms with Crippen molar-refractivity contribution >= 4 is 30.6 Å². The van der Waals surface area contributed by atoms with Crippen molar-refractivity contribution in [1.82, 2.24) is 10.6 Å². The second-order valence-corrected chi connectivity index (χ2v) is 9.87. The molecular weight excluding hydrogens is 468 g/mol. The van der Waals surface area contributed by atoms with Crippen molar-refractivity contribution in [2.24, 2.45) is 0 Å². The van der Waals surface area contributed by atoms with Gasteiger partial charge in [0.05, 0.1) is 0 Å². The van der Waals surface area contributed by atoms with E-state index in [1.807, 2.05) is 121 Å². The highest BCUT2D eigenvalue weighted by Crippen LogP contribution is 2.16. The van der Waals surface area contributed by atoms with E-state index in [2.05, 4.69) is 10.6 Å². The average Bonchev–Trinajstić information content (AvgIpc) is 2.82. The van der Waals surface area contributed by atoms with Crippen LogP contribution in [0.1, 0.15) is 59.6 Å². The molecule has 0 heterocycles. The molecule has 2 amide bonds. The number of rotatable bonds is 4. The van der Waals surface area contributed by atoms with Crippen molar-refractivity contribution in [2.75, 3.05) is 14.1 Å². The van der Waals surface area contributed by atoms with Crippen LogP contribution in [0.4, 0.5) is 9.59 Å². The van der Waals surface area contributed by atoms with Crippen molar-refractivity contribution in [3.63, 3.8) is 0 Å². The molecule has 0 spiro atoms. The molecule has 0 aromatic heterocycles. The molecule has 7 nitrogen and oxygen atoms in total. The molecule has 7 heteroatoms. The first-order chi connectivity index (χ1) is 17.2. The Morgan fingerprint density at radius 1 is 0.676 bits per heavy atom. The number of hydrogen-bond acceptors (Lipinski definition) is 5. The maximum atomic E-state index is 11.2. The van der Waals surface area contributed by atoms with Gasteiger partial charge in [0.25, 0.3) is 0 Å². The number of allylic oxidation sites excluding steroid dienone is 2. The van der Waals surface area contributed by atoms with Gasteiger partial charge in [0.1, 0.15) is 17.5 Å². The lowest BCUT2D eigenvalue weighted by Crippen LogP contribution is -2.30. The Labute approximate surface area is 222 Å². The predicted molar refractivity (Wildman–Crippen MR) is 151 cm³/mol. The van der Waals surface area contributed by atoms with Gasteiger partial charge in [0.15, 0.2) is 0 Å². The van der Waals surface area contributed by atoms with E-state index in [0.717, 1.165) is 23.0 Å². The van der Waals surface area contributed by atoms with E-state index in [0.29, 0.717) is 5.57 Å². The number of amides is 2. The van der Waals surface area contributed by atoms with Crippen molar-refractivity contribution in [1.29, 1.82) is 0 Å². The van der Waals surface area contributed by atoms with E-state index in [4.69, 9.17) is 9.47 Å². The molecule has 0 saturated heterocycles. The van der Waals surface area contributed by atoms with E-state index >= 15 is 0 Å². The van der Waals surface area contributed by atoms with Gasteiger partial charge in [-0.2, -0.15) is 0 Å². The summed E-state index contributed by atoms with van der Waals surface area (Å²) < 4.78 is 9.67. The Morgan fingerprint density at radius 3 is 1.30 bits per heavy atom. The van der Waals surface area contributed by atoms with Crippen LogP contribution in [0.25, 0.3) is 12.2 Å². The average molecular weight is 511 g/mol. The lowest BCUT2D eigenvalue weighted by atomic mass is 10.0. The number of nitrogens with one attached hydrogen (secondary N) is 2. The number of carbonyl (C=O) groups is 3. The molecule has 0 atom stereocenters. The lowest BCUT2D eigenvalue weighted by Gasteiger charge is -2.18. The zero-order valence-electron chi connectivity index (χ0n) is 23.5. The van der Waals surface area contributed by atoms with Crippen LogP contribution in [0.2, 0.25) is 0 Å². The van der Waals surface area contributed by atoms with Gasteiger partial charge in [-0.05, 0) is 71.2 Å². The van der Waals surface area contributed by atoms with Crippen molar-refractivity contribution in [3.8, 4) is 0 Å². The third-order valence-corrected chi connectivity index (χ3v) is 4.09. The molecule has 2 rings (SSSR count). The third kappa shape index (κ3) is 18.1. The van der Waals surface area contributed by atoms with E-state index in [1.165, 1.54) is 14.1 Å². The first-order valence-electron chi connectivity index (χ1n) is 12.0. The van der Waals surface area contributed by atoms with Crippen LogP contribution in [0.15, 0.2) is 71.8 Å². The van der Waals surface area contributed by atoms with Gasteiger partial charge in [-0.25, -0.2) is 9.59 Å². The molecule has 0 aliphatic rings. The second-order valence-electron chi connectivity index (χ2n) is 9.87. The maximum absolute atomic E-state index is 11.2. The summed E-state index contributed by atoms with van der Waals surface area (Å²) in [7, 11) is 3.07. The van der Waals surface area contributed by atoms with Crippen molar-refractivity contribution < 1.29 is 23.9 Å². The molecule has 0 aliphatic heterocycles. The van der Waals surface area contributed by atoms with Crippen LogP contribution in [0.5, 0.6) is 0 Å². The van der Waals surface area contributed by atoms with Gasteiger partial charge in [0.2, 0.25) is 0 Å². The van der Waals surface area contributed by atoms with Crippen molar-refractivity contribution in [3.05, 3.63) is 82.9 Å². The van der Waals surface area contributed by atoms with Gasteiger partial charge in [-0.3, -0.25) is 4.79 Å². The summed E-state index contributed by atoms with van der Waals surface area (Å²) in [6.07, 6.45) is 4.05. The summed E-state index contributed by atoms with van der Waals surface area (Å²) in [5.74, 6) is 0. The monoisotopic (exact) mass is 510 g/mol. The molecule has 0 saturated carbocycles. The van der Waals surface area contributed by atoms with E-state index in [1.54, 1.807) is 0 Å². The summed E-state index contributed by atoms with van der Waals surface area (Å²) >= 11 is 0. The Morgan fingerprint density at radius 2 is 1.03 bits per heavy atom. The molecule has 202 valence electrons. The molecule has 2 N–H and O–H groups in total. The van der Waals surface area contributed by atoms with Crippen LogP contribution < -0.4 is 10.6 Å². The molecule has 2 aromatic rings. The van der Waals surface area contributed by atoms with E-state index in [-0.39, 0.29) is 23.4 Å². The molecule has 0 aliphatic carbocycles. The fraction of sp³-hybridized carbons (Fsp3) is 0.367. The number of aldehydes is 1. The maximum Gasteiger partial charge on any atom is 0.407 e. The van der Waals surface area contributed by atoms with Crippen LogP contribution in [-0.4, -0.2) is 43.8 Å². The number of hydrogen-bond donors (Lipinski definition) is 2. The zero-order chi connectivity index (χ0) is 28.5. The first kappa shape index (κ1) is 33.1. The summed E-state index contributed by atoms with van der Waals surface area (Å²) in [4.78, 5) is 32.2. The highest BCUT2D eigenvalue weighted by Gasteiger charge is 2.14. The summed E-state index contributed by atoms with van der Waals surface area (Å²) in [6, 6.07) is 19.9. The third-order valence-electron chi connectivity index (χ3n) is 4.09. The Hall–Kier alpha value is -3.87. The first-order valence-corrected chi connectivity index (χ1v) is 12.0. The molecule has 0 bridgehead atoms. The normalized spacial score (nSPS) is 11.5. The van der Waals surface area contributed by atoms with Crippen LogP contribution in [0.3, 0.4) is 0 Å². The van der Waals surface area contributed by atoms with Crippen LogP contribution in [-0.2, 0) is 14.3 Å².